The van der Waals surface area contributed by atoms with Crippen LogP contribution in [0.15, 0.2) is 53.1 Å². The van der Waals surface area contributed by atoms with Crippen LogP contribution in [0.25, 0.3) is 0 Å². The second kappa shape index (κ2) is 8.43. The zero-order valence-electron chi connectivity index (χ0n) is 14.3. The monoisotopic (exact) mass is 391 g/mol. The average Bonchev–Trinajstić information content (AvgIpc) is 3.28. The zero-order chi connectivity index (χ0) is 19.4. The number of carbonyl (C=O) groups excluding carboxylic acids is 2. The first-order chi connectivity index (χ1) is 13.0. The molecule has 0 saturated carbocycles. The Bertz CT molecular complexity index is 847. The van der Waals surface area contributed by atoms with Gasteiger partial charge in [0.25, 0.3) is 5.91 Å². The molecule has 0 radical (unpaired) electrons. The number of hydrogen-bond donors (Lipinski definition) is 2. The van der Waals surface area contributed by atoms with Crippen LogP contribution in [0, 0.1) is 5.82 Å². The molecule has 1 aliphatic rings. The minimum atomic E-state index is -0.842. The van der Waals surface area contributed by atoms with E-state index < -0.39 is 29.3 Å². The highest BCUT2D eigenvalue weighted by molar-refractivity contribution is 7.12. The summed E-state index contributed by atoms with van der Waals surface area (Å²) in [5, 5.41) is 20.9. The molecule has 142 valence electrons. The molecular formula is C19H18FNO5S. The van der Waals surface area contributed by atoms with Crippen molar-refractivity contribution in [3.8, 4) is 0 Å². The molecule has 1 aromatic carbocycles. The second-order valence-electron chi connectivity index (χ2n) is 5.86. The van der Waals surface area contributed by atoms with E-state index in [0.29, 0.717) is 10.4 Å². The second-order valence-corrected chi connectivity index (χ2v) is 6.81. The highest BCUT2D eigenvalue weighted by atomic mass is 32.1. The van der Waals surface area contributed by atoms with Gasteiger partial charge in [-0.2, -0.15) is 0 Å². The zero-order valence-corrected chi connectivity index (χ0v) is 15.1. The molecule has 3 rings (SSSR count). The Morgan fingerprint density at radius 3 is 2.59 bits per heavy atom. The largest absolute Gasteiger partial charge is 0.503 e. The Balaban J connectivity index is 1.96. The molecular weight excluding hydrogens is 373 g/mol. The number of halogens is 1. The topological polar surface area (TPSA) is 87.1 Å². The number of benzene rings is 1. The lowest BCUT2D eigenvalue weighted by Gasteiger charge is -2.26. The maximum absolute atomic E-state index is 13.3. The number of aliphatic hydroxyl groups is 2. The standard InChI is InChI=1S/C19H18FNO5S/c20-13-5-3-12(4-6-13)16-15(17(23)14-2-1-11-27-14)18(24)19(25)21(16)7-9-26-10-8-22/h1-6,11,16,22,24H,7-10H2. The number of ketones is 1. The summed E-state index contributed by atoms with van der Waals surface area (Å²) in [6, 6.07) is 7.92. The third kappa shape index (κ3) is 3.92. The van der Waals surface area contributed by atoms with E-state index in [4.69, 9.17) is 9.84 Å². The highest BCUT2D eigenvalue weighted by Gasteiger charge is 2.43. The van der Waals surface area contributed by atoms with Crippen molar-refractivity contribution in [2.45, 2.75) is 6.04 Å². The number of Topliss-reactive ketones (excluding diaryl/α,β-unsaturated/α-hetero) is 1. The van der Waals surface area contributed by atoms with E-state index in [1.807, 2.05) is 0 Å². The smallest absolute Gasteiger partial charge is 0.290 e. The first kappa shape index (κ1) is 19.2. The summed E-state index contributed by atoms with van der Waals surface area (Å²) in [7, 11) is 0. The molecule has 1 unspecified atom stereocenters. The van der Waals surface area contributed by atoms with Crippen molar-refractivity contribution < 1.29 is 28.9 Å². The quantitative estimate of drug-likeness (QED) is 0.533. The number of rotatable bonds is 8. The molecule has 0 bridgehead atoms. The molecule has 1 aromatic heterocycles. The van der Waals surface area contributed by atoms with E-state index >= 15 is 0 Å². The average molecular weight is 391 g/mol. The van der Waals surface area contributed by atoms with E-state index in [9.17, 15) is 19.1 Å². The molecule has 1 aliphatic heterocycles. The minimum Gasteiger partial charge on any atom is -0.503 e. The van der Waals surface area contributed by atoms with Gasteiger partial charge in [-0.25, -0.2) is 4.39 Å². The van der Waals surface area contributed by atoms with Gasteiger partial charge in [-0.1, -0.05) is 18.2 Å². The first-order valence-electron chi connectivity index (χ1n) is 8.31. The Hall–Kier alpha value is -2.55. The number of aliphatic hydroxyl groups excluding tert-OH is 2. The van der Waals surface area contributed by atoms with Crippen molar-refractivity contribution in [2.75, 3.05) is 26.4 Å². The molecule has 2 heterocycles. The fourth-order valence-electron chi connectivity index (χ4n) is 2.98. The summed E-state index contributed by atoms with van der Waals surface area (Å²) < 4.78 is 18.6. The van der Waals surface area contributed by atoms with Gasteiger partial charge in [-0.15, -0.1) is 11.3 Å². The van der Waals surface area contributed by atoms with Crippen LogP contribution in [0.1, 0.15) is 21.3 Å². The van der Waals surface area contributed by atoms with Crippen molar-refractivity contribution in [3.63, 3.8) is 0 Å². The molecule has 1 amide bonds. The Morgan fingerprint density at radius 1 is 1.22 bits per heavy atom. The summed E-state index contributed by atoms with van der Waals surface area (Å²) >= 11 is 1.21. The van der Waals surface area contributed by atoms with Gasteiger partial charge in [0.05, 0.1) is 36.3 Å². The SMILES string of the molecule is O=C(C1=C(O)C(=O)N(CCOCCO)C1c1ccc(F)cc1)c1cccs1. The lowest BCUT2D eigenvalue weighted by molar-refractivity contribution is -0.130. The van der Waals surface area contributed by atoms with Gasteiger partial charge in [0, 0.05) is 6.54 Å². The third-order valence-electron chi connectivity index (χ3n) is 4.19. The fourth-order valence-corrected chi connectivity index (χ4v) is 3.66. The van der Waals surface area contributed by atoms with Crippen LogP contribution in [0.2, 0.25) is 0 Å². The maximum atomic E-state index is 13.3. The number of nitrogens with zero attached hydrogens (tertiary/aromatic N) is 1. The van der Waals surface area contributed by atoms with Gasteiger partial charge >= 0.3 is 0 Å². The van der Waals surface area contributed by atoms with Crippen molar-refractivity contribution in [1.29, 1.82) is 0 Å². The lowest BCUT2D eigenvalue weighted by atomic mass is 9.95. The van der Waals surface area contributed by atoms with Crippen molar-refractivity contribution in [1.82, 2.24) is 4.90 Å². The van der Waals surface area contributed by atoms with Crippen LogP contribution in [-0.4, -0.2) is 53.2 Å². The minimum absolute atomic E-state index is 0.0313. The van der Waals surface area contributed by atoms with Crippen LogP contribution in [0.4, 0.5) is 4.39 Å². The number of hydrogen-bond acceptors (Lipinski definition) is 6. The summed E-state index contributed by atoms with van der Waals surface area (Å²) in [6.45, 7) is 0.189. The number of ether oxygens (including phenoxy) is 1. The molecule has 27 heavy (non-hydrogen) atoms. The summed E-state index contributed by atoms with van der Waals surface area (Å²) in [5.41, 5.74) is 0.479. The molecule has 1 atom stereocenters. The van der Waals surface area contributed by atoms with E-state index in [0.717, 1.165) is 0 Å². The fraction of sp³-hybridized carbons (Fsp3) is 0.263. The molecule has 2 N–H and O–H groups in total. The molecule has 0 aliphatic carbocycles. The first-order valence-corrected chi connectivity index (χ1v) is 9.19. The van der Waals surface area contributed by atoms with E-state index in [1.54, 1.807) is 17.5 Å². The molecule has 2 aromatic rings. The number of thiophene rings is 1. The van der Waals surface area contributed by atoms with Gasteiger partial charge in [0.2, 0.25) is 5.78 Å². The van der Waals surface area contributed by atoms with Gasteiger partial charge in [0.15, 0.2) is 5.76 Å². The molecule has 8 heteroatoms. The van der Waals surface area contributed by atoms with Crippen LogP contribution in [0.5, 0.6) is 0 Å². The summed E-state index contributed by atoms with van der Waals surface area (Å²) in [6.07, 6.45) is 0. The molecule has 0 saturated heterocycles. The number of carbonyl (C=O) groups is 2. The predicted octanol–water partition coefficient (Wildman–Crippen LogP) is 2.47. The maximum Gasteiger partial charge on any atom is 0.290 e. The molecule has 6 nitrogen and oxygen atoms in total. The van der Waals surface area contributed by atoms with Gasteiger partial charge in [-0.05, 0) is 29.1 Å². The van der Waals surface area contributed by atoms with Crippen LogP contribution >= 0.6 is 11.3 Å². The Morgan fingerprint density at radius 2 is 1.96 bits per heavy atom. The van der Waals surface area contributed by atoms with Crippen molar-refractivity contribution >= 4 is 23.0 Å². The molecule has 0 fully saturated rings. The normalized spacial score (nSPS) is 17.0. The van der Waals surface area contributed by atoms with E-state index in [-0.39, 0.29) is 31.9 Å². The van der Waals surface area contributed by atoms with Gasteiger partial charge < -0.3 is 19.8 Å². The number of amides is 1. The highest BCUT2D eigenvalue weighted by Crippen LogP contribution is 2.39. The van der Waals surface area contributed by atoms with Gasteiger partial charge in [-0.3, -0.25) is 9.59 Å². The van der Waals surface area contributed by atoms with Crippen LogP contribution in [-0.2, 0) is 9.53 Å². The van der Waals surface area contributed by atoms with E-state index in [2.05, 4.69) is 0 Å². The predicted molar refractivity (Wildman–Crippen MR) is 97.1 cm³/mol. The Labute approximate surface area is 159 Å². The summed E-state index contributed by atoms with van der Waals surface area (Å²) in [5.74, 6) is -2.18. The van der Waals surface area contributed by atoms with Crippen molar-refractivity contribution in [2.24, 2.45) is 0 Å². The Kier molecular flexibility index (Phi) is 6.00. The summed E-state index contributed by atoms with van der Waals surface area (Å²) in [4.78, 5) is 27.2. The van der Waals surface area contributed by atoms with Crippen LogP contribution < -0.4 is 0 Å². The van der Waals surface area contributed by atoms with E-state index in [1.165, 1.54) is 40.5 Å². The van der Waals surface area contributed by atoms with Crippen molar-refractivity contribution in [3.05, 3.63) is 69.4 Å². The van der Waals surface area contributed by atoms with Crippen LogP contribution in [0.3, 0.4) is 0 Å². The third-order valence-corrected chi connectivity index (χ3v) is 5.06. The molecule has 0 spiro atoms. The van der Waals surface area contributed by atoms with Gasteiger partial charge in [0.1, 0.15) is 5.82 Å². The lowest BCUT2D eigenvalue weighted by Crippen LogP contribution is -2.34.